The predicted octanol–water partition coefficient (Wildman–Crippen LogP) is 1.35. The number of nitrogens with zero attached hydrogens (tertiary/aromatic N) is 16. The van der Waals surface area contributed by atoms with E-state index in [4.69, 9.17) is 0 Å². The molecule has 4 rings (SSSR count). The van der Waals surface area contributed by atoms with Crippen LogP contribution in [0.2, 0.25) is 0 Å². The van der Waals surface area contributed by atoms with Crippen molar-refractivity contribution in [1.29, 1.82) is 0 Å². The normalized spacial score (nSPS) is 11.0. The fourth-order valence-electron chi connectivity index (χ4n) is 4.21. The van der Waals surface area contributed by atoms with E-state index in [0.29, 0.717) is 90.4 Å². The molecule has 216 valence electrons. The predicted molar refractivity (Wildman–Crippen MR) is 154 cm³/mol. The first-order valence-corrected chi connectivity index (χ1v) is 13.1. The van der Waals surface area contributed by atoms with Crippen LogP contribution in [0.3, 0.4) is 0 Å². The quantitative estimate of drug-likeness (QED) is 0.255. The Hall–Kier alpha value is -4.76. The Morgan fingerprint density at radius 3 is 0.780 bits per heavy atom. The lowest BCUT2D eigenvalue weighted by Gasteiger charge is -2.35. The molecule has 4 aromatic rings. The molecule has 0 radical (unpaired) electrons. The molecule has 0 aromatic carbocycles. The van der Waals surface area contributed by atoms with Gasteiger partial charge in [0, 0.05) is 14.1 Å². The Balaban J connectivity index is 1.74. The van der Waals surface area contributed by atoms with Gasteiger partial charge in [-0.2, -0.15) is 39.9 Å². The van der Waals surface area contributed by atoms with Crippen LogP contribution >= 0.6 is 0 Å². The minimum Gasteiger partial charge on any atom is -0.326 e. The van der Waals surface area contributed by atoms with Crippen molar-refractivity contribution in [2.24, 2.45) is 0 Å². The van der Waals surface area contributed by atoms with Crippen LogP contribution in [-0.4, -0.2) is 93.9 Å². The lowest BCUT2D eigenvalue weighted by Crippen LogP contribution is -2.49. The third-order valence-electron chi connectivity index (χ3n) is 5.74. The second kappa shape index (κ2) is 12.2. The molecule has 0 saturated carbocycles. The molecule has 41 heavy (non-hydrogen) atoms. The smallest absolute Gasteiger partial charge is 0.231 e. The zero-order chi connectivity index (χ0) is 29.8. The van der Waals surface area contributed by atoms with Gasteiger partial charge in [-0.25, -0.2) is 19.9 Å². The third kappa shape index (κ3) is 7.67. The molecule has 0 fully saturated rings. The molecule has 16 heteroatoms. The zero-order valence-corrected chi connectivity index (χ0v) is 25.3. The highest BCUT2D eigenvalue weighted by Gasteiger charge is 2.23. The molecule has 0 aliphatic carbocycles. The summed E-state index contributed by atoms with van der Waals surface area (Å²) in [6.07, 6.45) is 0. The summed E-state index contributed by atoms with van der Waals surface area (Å²) in [6, 6.07) is 0. The average Bonchev–Trinajstić information content (AvgIpc) is 2.85. The highest BCUT2D eigenvalue weighted by molar-refractivity contribution is 5.42. The summed E-state index contributed by atoms with van der Waals surface area (Å²) in [6.45, 7) is 15.7. The van der Waals surface area contributed by atoms with Gasteiger partial charge in [0.15, 0.2) is 0 Å². The highest BCUT2D eigenvalue weighted by atomic mass is 15.5. The average molecular weight is 561 g/mol. The van der Waals surface area contributed by atoms with Gasteiger partial charge in [0.25, 0.3) is 0 Å². The largest absolute Gasteiger partial charge is 0.326 e. The molecule has 0 atom stereocenters. The number of anilines is 4. The van der Waals surface area contributed by atoms with E-state index in [-0.39, 0.29) is 0 Å². The molecule has 4 aromatic heterocycles. The van der Waals surface area contributed by atoms with Crippen LogP contribution in [0.4, 0.5) is 23.8 Å². The first-order chi connectivity index (χ1) is 19.4. The zero-order valence-electron chi connectivity index (χ0n) is 25.3. The molecule has 0 bridgehead atoms. The minimum atomic E-state index is 0.298. The van der Waals surface area contributed by atoms with E-state index in [0.717, 1.165) is 0 Å². The number of hydrogen-bond acceptors (Lipinski definition) is 16. The monoisotopic (exact) mass is 560 g/mol. The maximum atomic E-state index is 4.66. The van der Waals surface area contributed by atoms with Crippen LogP contribution in [0, 0.1) is 55.4 Å². The van der Waals surface area contributed by atoms with E-state index in [1.807, 2.05) is 89.1 Å². The van der Waals surface area contributed by atoms with E-state index < -0.39 is 0 Å². The Morgan fingerprint density at radius 2 is 0.537 bits per heavy atom. The van der Waals surface area contributed by atoms with Gasteiger partial charge in [-0.05, 0) is 55.4 Å². The lowest BCUT2D eigenvalue weighted by atomic mass is 10.5. The van der Waals surface area contributed by atoms with E-state index in [1.165, 1.54) is 0 Å². The van der Waals surface area contributed by atoms with Gasteiger partial charge < -0.3 is 19.6 Å². The summed E-state index contributed by atoms with van der Waals surface area (Å²) in [4.78, 5) is 61.9. The summed E-state index contributed by atoms with van der Waals surface area (Å²) in [5.74, 6) is 7.05. The van der Waals surface area contributed by atoms with E-state index in [1.54, 1.807) is 0 Å². The van der Waals surface area contributed by atoms with Crippen molar-refractivity contribution in [1.82, 2.24) is 59.8 Å². The van der Waals surface area contributed by atoms with Gasteiger partial charge in [0.05, 0.1) is 20.0 Å². The third-order valence-corrected chi connectivity index (χ3v) is 5.74. The molecule has 0 amide bonds. The van der Waals surface area contributed by atoms with Crippen LogP contribution < -0.4 is 19.6 Å². The fourth-order valence-corrected chi connectivity index (χ4v) is 4.21. The second-order valence-corrected chi connectivity index (χ2v) is 9.82. The van der Waals surface area contributed by atoms with Gasteiger partial charge in [0.2, 0.25) is 23.8 Å². The van der Waals surface area contributed by atoms with Crippen LogP contribution in [0.5, 0.6) is 0 Å². The van der Waals surface area contributed by atoms with Crippen molar-refractivity contribution >= 4 is 23.8 Å². The minimum absolute atomic E-state index is 0.298. The summed E-state index contributed by atoms with van der Waals surface area (Å²) >= 11 is 0. The molecule has 0 N–H and O–H groups in total. The van der Waals surface area contributed by atoms with Gasteiger partial charge in [-0.3, -0.25) is 0 Å². The second-order valence-electron chi connectivity index (χ2n) is 9.82. The van der Waals surface area contributed by atoms with Crippen LogP contribution in [0.1, 0.15) is 46.6 Å². The van der Waals surface area contributed by atoms with Crippen LogP contribution in [-0.2, 0) is 0 Å². The topological polar surface area (TPSA) is 168 Å². The Bertz CT molecular complexity index is 1330. The molecule has 0 aliphatic rings. The van der Waals surface area contributed by atoms with Gasteiger partial charge in [-0.15, -0.1) is 0 Å². The van der Waals surface area contributed by atoms with E-state index >= 15 is 0 Å². The van der Waals surface area contributed by atoms with Crippen molar-refractivity contribution in [3.8, 4) is 0 Å². The van der Waals surface area contributed by atoms with Crippen LogP contribution in [0.25, 0.3) is 0 Å². The summed E-state index contributed by atoms with van der Waals surface area (Å²) in [5, 5.41) is 0. The maximum absolute atomic E-state index is 4.66. The van der Waals surface area contributed by atoms with Crippen LogP contribution in [0.15, 0.2) is 0 Å². The number of aryl methyl sites for hydroxylation is 8. The summed E-state index contributed by atoms with van der Waals surface area (Å²) in [5.41, 5.74) is 0. The van der Waals surface area contributed by atoms with Gasteiger partial charge in [-0.1, -0.05) is 0 Å². The molecule has 0 spiro atoms. The lowest BCUT2D eigenvalue weighted by molar-refractivity contribution is 0.649. The van der Waals surface area contributed by atoms with Gasteiger partial charge >= 0.3 is 0 Å². The highest BCUT2D eigenvalue weighted by Crippen LogP contribution is 2.18. The molecular weight excluding hydrogens is 524 g/mol. The SMILES string of the molecule is Cc1nc(C)nc(N(C)CN(CN(CN(C)c2nc(C)nc(C)n2)c2nc(C)nc(C)n2)c2nc(C)nc(C)n2)n1. The molecule has 0 aliphatic heterocycles. The Kier molecular flexibility index (Phi) is 8.68. The van der Waals surface area contributed by atoms with Crippen molar-refractivity contribution in [2.45, 2.75) is 55.4 Å². The van der Waals surface area contributed by atoms with Crippen molar-refractivity contribution in [3.63, 3.8) is 0 Å². The van der Waals surface area contributed by atoms with Crippen molar-refractivity contribution in [2.75, 3.05) is 53.7 Å². The molecule has 4 heterocycles. The Labute approximate surface area is 239 Å². The fraction of sp³-hybridized carbons (Fsp3) is 0.520. The van der Waals surface area contributed by atoms with Gasteiger partial charge in [0.1, 0.15) is 46.6 Å². The molecule has 16 nitrogen and oxygen atoms in total. The van der Waals surface area contributed by atoms with E-state index in [2.05, 4.69) is 59.8 Å². The standard InChI is InChI=1S/C25H36N16/c1-14-26-15(2)31-22(30-14)38(9)11-40(24-34-18(5)28-19(6)35-24)13-41(25-36-20(7)29-21(8)37-25)12-39(10)23-32-16(3)27-17(4)33-23/h11-13H2,1-10H3. The molecular formula is C25H36N16. The van der Waals surface area contributed by atoms with E-state index in [9.17, 15) is 0 Å². The first-order valence-electron chi connectivity index (χ1n) is 13.1. The molecule has 0 unspecified atom stereocenters. The molecule has 0 saturated heterocycles. The first kappa shape index (κ1) is 29.2. The van der Waals surface area contributed by atoms with Crippen molar-refractivity contribution < 1.29 is 0 Å². The summed E-state index contributed by atoms with van der Waals surface area (Å²) < 4.78 is 0. The number of rotatable bonds is 10. The summed E-state index contributed by atoms with van der Waals surface area (Å²) in [7, 11) is 3.82. The van der Waals surface area contributed by atoms with Crippen molar-refractivity contribution in [3.05, 3.63) is 46.6 Å². The number of hydrogen-bond donors (Lipinski definition) is 0. The maximum Gasteiger partial charge on any atom is 0.231 e. The number of aromatic nitrogens is 12. The Morgan fingerprint density at radius 1 is 0.317 bits per heavy atom.